The van der Waals surface area contributed by atoms with Gasteiger partial charge in [0.2, 0.25) is 0 Å². The lowest BCUT2D eigenvalue weighted by Gasteiger charge is -2.18. The van der Waals surface area contributed by atoms with E-state index in [0.29, 0.717) is 6.54 Å². The van der Waals surface area contributed by atoms with Gasteiger partial charge in [-0.2, -0.15) is 5.10 Å². The molecule has 168 valence electrons. The summed E-state index contributed by atoms with van der Waals surface area (Å²) in [7, 11) is 2.00. The van der Waals surface area contributed by atoms with Crippen LogP contribution >= 0.6 is 24.0 Å². The number of nitrogens with zero attached hydrogens (tertiary/aromatic N) is 3. The van der Waals surface area contributed by atoms with Gasteiger partial charge in [-0.1, -0.05) is 25.5 Å². The number of aromatic nitrogens is 2. The van der Waals surface area contributed by atoms with E-state index in [1.807, 2.05) is 23.9 Å². The molecule has 0 saturated carbocycles. The lowest BCUT2D eigenvalue weighted by Crippen LogP contribution is -2.43. The summed E-state index contributed by atoms with van der Waals surface area (Å²) in [4.78, 5) is 4.77. The summed E-state index contributed by atoms with van der Waals surface area (Å²) in [6.45, 7) is 12.8. The molecule has 0 amide bonds. The van der Waals surface area contributed by atoms with Crippen LogP contribution in [0.25, 0.3) is 0 Å². The Bertz CT molecular complexity index is 803. The zero-order valence-electron chi connectivity index (χ0n) is 19.3. The van der Waals surface area contributed by atoms with Crippen LogP contribution in [0, 0.1) is 13.8 Å². The monoisotopic (exact) mass is 527 g/mol. The van der Waals surface area contributed by atoms with E-state index in [1.165, 1.54) is 11.3 Å². The van der Waals surface area contributed by atoms with Crippen LogP contribution in [0.1, 0.15) is 56.1 Å². The van der Waals surface area contributed by atoms with Crippen molar-refractivity contribution < 1.29 is 4.74 Å². The molecule has 0 radical (unpaired) electrons. The molecule has 2 rings (SSSR count). The number of unbranched alkanes of at least 4 members (excludes halogenated alkanes) is 1. The second-order valence-corrected chi connectivity index (χ2v) is 7.57. The van der Waals surface area contributed by atoms with Crippen LogP contribution < -0.4 is 15.4 Å². The van der Waals surface area contributed by atoms with Gasteiger partial charge in [0, 0.05) is 25.3 Å². The number of ether oxygens (including phenoxy) is 1. The number of hydrogen-bond donors (Lipinski definition) is 2. The molecule has 7 heteroatoms. The lowest BCUT2D eigenvalue weighted by atomic mass is 10.1. The van der Waals surface area contributed by atoms with Crippen LogP contribution in [0.2, 0.25) is 0 Å². The third-order valence-corrected chi connectivity index (χ3v) is 4.98. The van der Waals surface area contributed by atoms with E-state index in [0.717, 1.165) is 55.4 Å². The Kier molecular flexibility index (Phi) is 11.8. The molecular formula is C23H38IN5O. The fourth-order valence-corrected chi connectivity index (χ4v) is 3.26. The molecule has 2 aromatic rings. The summed E-state index contributed by atoms with van der Waals surface area (Å²) in [6, 6.07) is 8.45. The van der Waals surface area contributed by atoms with E-state index >= 15 is 0 Å². The van der Waals surface area contributed by atoms with Crippen LogP contribution in [-0.4, -0.2) is 34.9 Å². The molecule has 0 aliphatic rings. The summed E-state index contributed by atoms with van der Waals surface area (Å²) in [5.74, 6) is 1.75. The van der Waals surface area contributed by atoms with Gasteiger partial charge in [0.25, 0.3) is 0 Å². The van der Waals surface area contributed by atoms with E-state index in [1.54, 1.807) is 0 Å². The molecule has 30 heavy (non-hydrogen) atoms. The average Bonchev–Trinajstić information content (AvgIpc) is 2.93. The maximum atomic E-state index is 5.81. The number of guanidine groups is 1. The van der Waals surface area contributed by atoms with Gasteiger partial charge in [0.15, 0.2) is 5.96 Å². The number of rotatable bonds is 10. The highest BCUT2D eigenvalue weighted by atomic mass is 127. The number of hydrogen-bond acceptors (Lipinski definition) is 3. The Balaban J connectivity index is 0.00000450. The Morgan fingerprint density at radius 3 is 2.67 bits per heavy atom. The van der Waals surface area contributed by atoms with Crippen molar-refractivity contribution in [3.63, 3.8) is 0 Å². The normalized spacial score (nSPS) is 12.3. The molecule has 6 nitrogen and oxygen atoms in total. The van der Waals surface area contributed by atoms with Gasteiger partial charge >= 0.3 is 0 Å². The first-order valence-corrected chi connectivity index (χ1v) is 10.7. The predicted octanol–water partition coefficient (Wildman–Crippen LogP) is 4.52. The smallest absolute Gasteiger partial charge is 0.191 e. The van der Waals surface area contributed by atoms with Crippen molar-refractivity contribution in [2.24, 2.45) is 12.0 Å². The van der Waals surface area contributed by atoms with Gasteiger partial charge in [-0.3, -0.25) is 4.68 Å². The summed E-state index contributed by atoms with van der Waals surface area (Å²) in [6.07, 6.45) is 3.12. The number of nitrogens with one attached hydrogen (secondary N) is 2. The molecular weight excluding hydrogens is 489 g/mol. The van der Waals surface area contributed by atoms with Gasteiger partial charge in [0.05, 0.1) is 18.8 Å². The average molecular weight is 527 g/mol. The maximum absolute atomic E-state index is 5.81. The standard InChI is InChI=1S/C23H37N5O.HI/c1-7-9-13-29-21-12-10-11-20(15-21)16-25-23(24-8-2)26-17(3)14-22-18(4)27-28(6)19(22)5;/h10-12,15,17H,7-9,13-14,16H2,1-6H3,(H2,24,25,26);1H. The van der Waals surface area contributed by atoms with Crippen molar-refractivity contribution in [2.45, 2.75) is 66.5 Å². The van der Waals surface area contributed by atoms with Crippen LogP contribution in [-0.2, 0) is 20.0 Å². The van der Waals surface area contributed by atoms with Gasteiger partial charge in [0.1, 0.15) is 5.75 Å². The van der Waals surface area contributed by atoms with Gasteiger partial charge in [-0.25, -0.2) is 4.99 Å². The van der Waals surface area contributed by atoms with Crippen molar-refractivity contribution in [2.75, 3.05) is 13.2 Å². The van der Waals surface area contributed by atoms with Crippen molar-refractivity contribution in [3.05, 3.63) is 46.8 Å². The van der Waals surface area contributed by atoms with E-state index < -0.39 is 0 Å². The molecule has 0 fully saturated rings. The van der Waals surface area contributed by atoms with Crippen molar-refractivity contribution in [1.82, 2.24) is 20.4 Å². The van der Waals surface area contributed by atoms with Crippen LogP contribution in [0.5, 0.6) is 5.75 Å². The summed E-state index contributed by atoms with van der Waals surface area (Å²) in [5, 5.41) is 11.4. The summed E-state index contributed by atoms with van der Waals surface area (Å²) in [5.41, 5.74) is 4.77. The maximum Gasteiger partial charge on any atom is 0.191 e. The van der Waals surface area contributed by atoms with Crippen LogP contribution in [0.3, 0.4) is 0 Å². The summed E-state index contributed by atoms with van der Waals surface area (Å²) < 4.78 is 7.76. The number of halogens is 1. The predicted molar refractivity (Wildman–Crippen MR) is 136 cm³/mol. The number of aryl methyl sites for hydroxylation is 2. The minimum Gasteiger partial charge on any atom is -0.494 e. The van der Waals surface area contributed by atoms with E-state index in [-0.39, 0.29) is 30.0 Å². The second-order valence-electron chi connectivity index (χ2n) is 7.57. The topological polar surface area (TPSA) is 63.5 Å². The second kappa shape index (κ2) is 13.5. The molecule has 1 aromatic heterocycles. The zero-order valence-corrected chi connectivity index (χ0v) is 21.6. The molecule has 1 heterocycles. The highest BCUT2D eigenvalue weighted by molar-refractivity contribution is 14.0. The first-order chi connectivity index (χ1) is 13.9. The summed E-state index contributed by atoms with van der Waals surface area (Å²) >= 11 is 0. The largest absolute Gasteiger partial charge is 0.494 e. The van der Waals surface area contributed by atoms with Gasteiger partial charge < -0.3 is 15.4 Å². The quantitative estimate of drug-likeness (QED) is 0.207. The minimum absolute atomic E-state index is 0. The highest BCUT2D eigenvalue weighted by Crippen LogP contribution is 2.15. The molecule has 0 saturated heterocycles. The molecule has 1 aromatic carbocycles. The highest BCUT2D eigenvalue weighted by Gasteiger charge is 2.14. The third kappa shape index (κ3) is 8.16. The molecule has 2 N–H and O–H groups in total. The van der Waals surface area contributed by atoms with Crippen molar-refractivity contribution in [3.8, 4) is 5.75 Å². The lowest BCUT2D eigenvalue weighted by molar-refractivity contribution is 0.309. The van der Waals surface area contributed by atoms with Gasteiger partial charge in [-0.15, -0.1) is 24.0 Å². The number of aliphatic imine (C=N–C) groups is 1. The SMILES string of the molecule is CCCCOc1cccc(CN=C(NCC)NC(C)Cc2c(C)nn(C)c2C)c1.I. The zero-order chi connectivity index (χ0) is 21.2. The van der Waals surface area contributed by atoms with E-state index in [2.05, 4.69) is 62.5 Å². The Morgan fingerprint density at radius 2 is 2.03 bits per heavy atom. The fourth-order valence-electron chi connectivity index (χ4n) is 3.26. The molecule has 1 unspecified atom stereocenters. The molecule has 1 atom stereocenters. The first kappa shape index (κ1) is 26.3. The number of benzene rings is 1. The van der Waals surface area contributed by atoms with Gasteiger partial charge in [-0.05, 0) is 63.8 Å². The molecule has 0 spiro atoms. The van der Waals surface area contributed by atoms with Crippen LogP contribution in [0.4, 0.5) is 0 Å². The van der Waals surface area contributed by atoms with Crippen molar-refractivity contribution in [1.29, 1.82) is 0 Å². The van der Waals surface area contributed by atoms with E-state index in [9.17, 15) is 0 Å². The Morgan fingerprint density at radius 1 is 1.27 bits per heavy atom. The first-order valence-electron chi connectivity index (χ1n) is 10.7. The molecule has 0 aliphatic carbocycles. The third-order valence-electron chi connectivity index (χ3n) is 4.98. The molecule has 0 bridgehead atoms. The fraction of sp³-hybridized carbons (Fsp3) is 0.565. The van der Waals surface area contributed by atoms with E-state index in [4.69, 9.17) is 9.73 Å². The Hall–Kier alpha value is -1.77. The Labute approximate surface area is 198 Å². The van der Waals surface area contributed by atoms with Crippen molar-refractivity contribution >= 4 is 29.9 Å². The molecule has 0 aliphatic heterocycles. The minimum atomic E-state index is 0. The van der Waals surface area contributed by atoms with Crippen LogP contribution in [0.15, 0.2) is 29.3 Å².